The van der Waals surface area contributed by atoms with Gasteiger partial charge in [-0.2, -0.15) is 5.26 Å². The molecule has 20 heavy (non-hydrogen) atoms. The monoisotopic (exact) mass is 266 g/mol. The standard InChI is InChI=1S/C15H14N4O/c1-19(2)8-5-14-13(11-3-6-17-7-4-11)9-12(10-16)15(20)18-14/h3-9H,1-2H3,(H,18,20)/b8-5+. The summed E-state index contributed by atoms with van der Waals surface area (Å²) in [6.45, 7) is 0. The number of aromatic amines is 1. The van der Waals surface area contributed by atoms with E-state index in [0.29, 0.717) is 5.69 Å². The average Bonchev–Trinajstić information content (AvgIpc) is 2.46. The zero-order valence-corrected chi connectivity index (χ0v) is 11.3. The third-order valence-corrected chi connectivity index (χ3v) is 2.72. The van der Waals surface area contributed by atoms with Gasteiger partial charge in [-0.25, -0.2) is 0 Å². The van der Waals surface area contributed by atoms with Crippen molar-refractivity contribution in [2.75, 3.05) is 14.1 Å². The molecule has 0 aliphatic heterocycles. The van der Waals surface area contributed by atoms with E-state index in [-0.39, 0.29) is 11.1 Å². The van der Waals surface area contributed by atoms with Crippen LogP contribution >= 0.6 is 0 Å². The van der Waals surface area contributed by atoms with Crippen LogP contribution in [0.15, 0.2) is 41.6 Å². The second kappa shape index (κ2) is 5.85. The molecule has 0 saturated carbocycles. The van der Waals surface area contributed by atoms with Crippen molar-refractivity contribution in [1.29, 1.82) is 5.26 Å². The van der Waals surface area contributed by atoms with Gasteiger partial charge in [-0.15, -0.1) is 0 Å². The minimum Gasteiger partial charge on any atom is -0.383 e. The summed E-state index contributed by atoms with van der Waals surface area (Å²) in [5.74, 6) is 0. The summed E-state index contributed by atoms with van der Waals surface area (Å²) in [5.41, 5.74) is 2.06. The number of nitriles is 1. The molecule has 0 radical (unpaired) electrons. The van der Waals surface area contributed by atoms with E-state index in [1.54, 1.807) is 24.5 Å². The molecule has 0 atom stereocenters. The summed E-state index contributed by atoms with van der Waals surface area (Å²) < 4.78 is 0. The topological polar surface area (TPSA) is 72.8 Å². The number of hydrogen-bond donors (Lipinski definition) is 1. The number of pyridine rings is 2. The van der Waals surface area contributed by atoms with Gasteiger partial charge in [0.1, 0.15) is 11.6 Å². The third-order valence-electron chi connectivity index (χ3n) is 2.72. The number of aromatic nitrogens is 2. The Morgan fingerprint density at radius 2 is 2.05 bits per heavy atom. The van der Waals surface area contributed by atoms with E-state index in [1.165, 1.54) is 0 Å². The van der Waals surface area contributed by atoms with Crippen LogP contribution < -0.4 is 5.56 Å². The molecule has 100 valence electrons. The van der Waals surface area contributed by atoms with Crippen molar-refractivity contribution in [3.63, 3.8) is 0 Å². The zero-order chi connectivity index (χ0) is 14.5. The third kappa shape index (κ3) is 2.93. The zero-order valence-electron chi connectivity index (χ0n) is 11.3. The number of H-pyrrole nitrogens is 1. The Morgan fingerprint density at radius 1 is 1.35 bits per heavy atom. The quantitative estimate of drug-likeness (QED) is 0.920. The van der Waals surface area contributed by atoms with Gasteiger partial charge in [0, 0.05) is 38.3 Å². The normalized spacial score (nSPS) is 10.4. The summed E-state index contributed by atoms with van der Waals surface area (Å²) in [4.78, 5) is 20.3. The molecule has 0 amide bonds. The second-order valence-corrected chi connectivity index (χ2v) is 4.47. The van der Waals surface area contributed by atoms with Gasteiger partial charge in [0.25, 0.3) is 5.56 Å². The maximum atomic E-state index is 11.8. The van der Waals surface area contributed by atoms with Crippen LogP contribution in [0, 0.1) is 11.3 Å². The molecule has 0 saturated heterocycles. The molecule has 2 heterocycles. The van der Waals surface area contributed by atoms with Gasteiger partial charge in [-0.1, -0.05) is 0 Å². The SMILES string of the molecule is CN(C)/C=C/c1[nH]c(=O)c(C#N)cc1-c1ccncc1. The summed E-state index contributed by atoms with van der Waals surface area (Å²) >= 11 is 0. The Hall–Kier alpha value is -2.87. The van der Waals surface area contributed by atoms with Crippen LogP contribution in [0.25, 0.3) is 17.2 Å². The summed E-state index contributed by atoms with van der Waals surface area (Å²) in [7, 11) is 3.79. The van der Waals surface area contributed by atoms with E-state index >= 15 is 0 Å². The van der Waals surface area contributed by atoms with E-state index in [2.05, 4.69) is 9.97 Å². The Balaban J connectivity index is 2.64. The highest BCUT2D eigenvalue weighted by Gasteiger charge is 2.08. The van der Waals surface area contributed by atoms with Gasteiger partial charge >= 0.3 is 0 Å². The van der Waals surface area contributed by atoms with Gasteiger partial charge in [0.15, 0.2) is 0 Å². The van der Waals surface area contributed by atoms with E-state index in [4.69, 9.17) is 5.26 Å². The van der Waals surface area contributed by atoms with Gasteiger partial charge in [0.05, 0.1) is 5.69 Å². The van der Waals surface area contributed by atoms with Crippen molar-refractivity contribution >= 4 is 6.08 Å². The van der Waals surface area contributed by atoms with Crippen LogP contribution in [0.2, 0.25) is 0 Å². The van der Waals surface area contributed by atoms with Gasteiger partial charge in [0.2, 0.25) is 0 Å². The Bertz CT molecular complexity index is 724. The fourth-order valence-corrected chi connectivity index (χ4v) is 1.75. The van der Waals surface area contributed by atoms with Crippen LogP contribution in [0.5, 0.6) is 0 Å². The van der Waals surface area contributed by atoms with E-state index < -0.39 is 0 Å². The fourth-order valence-electron chi connectivity index (χ4n) is 1.75. The smallest absolute Gasteiger partial charge is 0.266 e. The molecular formula is C15H14N4O. The predicted octanol–water partition coefficient (Wildman–Crippen LogP) is 1.84. The first-order chi connectivity index (χ1) is 9.61. The molecule has 0 fully saturated rings. The van der Waals surface area contributed by atoms with Crippen LogP contribution in [-0.4, -0.2) is 29.0 Å². The van der Waals surface area contributed by atoms with Crippen LogP contribution in [0.4, 0.5) is 0 Å². The number of rotatable bonds is 3. The molecule has 2 aromatic heterocycles. The molecular weight excluding hydrogens is 252 g/mol. The Kier molecular flexibility index (Phi) is 3.96. The lowest BCUT2D eigenvalue weighted by Gasteiger charge is -2.08. The minimum absolute atomic E-state index is 0.0961. The molecule has 0 aliphatic rings. The van der Waals surface area contributed by atoms with E-state index in [1.807, 2.05) is 43.4 Å². The van der Waals surface area contributed by atoms with Crippen molar-refractivity contribution in [2.45, 2.75) is 0 Å². The molecule has 1 N–H and O–H groups in total. The fraction of sp³-hybridized carbons (Fsp3) is 0.133. The lowest BCUT2D eigenvalue weighted by molar-refractivity contribution is 0.567. The number of nitrogens with one attached hydrogen (secondary N) is 1. The minimum atomic E-state index is -0.385. The molecule has 2 rings (SSSR count). The lowest BCUT2D eigenvalue weighted by Crippen LogP contribution is -2.12. The highest BCUT2D eigenvalue weighted by molar-refractivity contribution is 5.73. The summed E-state index contributed by atoms with van der Waals surface area (Å²) in [5, 5.41) is 8.99. The molecule has 0 spiro atoms. The molecule has 0 unspecified atom stereocenters. The molecule has 0 bridgehead atoms. The van der Waals surface area contributed by atoms with Crippen molar-refractivity contribution in [3.8, 4) is 17.2 Å². The van der Waals surface area contributed by atoms with E-state index in [9.17, 15) is 4.79 Å². The lowest BCUT2D eigenvalue weighted by atomic mass is 10.0. The maximum absolute atomic E-state index is 11.8. The molecule has 0 aromatic carbocycles. The maximum Gasteiger partial charge on any atom is 0.266 e. The second-order valence-electron chi connectivity index (χ2n) is 4.47. The van der Waals surface area contributed by atoms with Crippen LogP contribution in [-0.2, 0) is 0 Å². The largest absolute Gasteiger partial charge is 0.383 e. The van der Waals surface area contributed by atoms with E-state index in [0.717, 1.165) is 11.1 Å². The first-order valence-electron chi connectivity index (χ1n) is 6.04. The highest BCUT2D eigenvalue weighted by atomic mass is 16.1. The van der Waals surface area contributed by atoms with Crippen LogP contribution in [0.3, 0.4) is 0 Å². The van der Waals surface area contributed by atoms with Crippen molar-refractivity contribution < 1.29 is 0 Å². The Labute approximate surface area is 116 Å². The molecule has 5 nitrogen and oxygen atoms in total. The summed E-state index contributed by atoms with van der Waals surface area (Å²) in [6.07, 6.45) is 6.98. The Morgan fingerprint density at radius 3 is 2.65 bits per heavy atom. The van der Waals surface area contributed by atoms with Crippen molar-refractivity contribution in [1.82, 2.24) is 14.9 Å². The molecule has 5 heteroatoms. The first kappa shape index (κ1) is 13.6. The number of nitrogens with zero attached hydrogens (tertiary/aromatic N) is 3. The summed E-state index contributed by atoms with van der Waals surface area (Å²) in [6, 6.07) is 7.17. The van der Waals surface area contributed by atoms with Crippen molar-refractivity contribution in [2.24, 2.45) is 0 Å². The average molecular weight is 266 g/mol. The highest BCUT2D eigenvalue weighted by Crippen LogP contribution is 2.22. The van der Waals surface area contributed by atoms with Gasteiger partial charge < -0.3 is 9.88 Å². The van der Waals surface area contributed by atoms with Crippen LogP contribution in [0.1, 0.15) is 11.3 Å². The van der Waals surface area contributed by atoms with Crippen molar-refractivity contribution in [3.05, 3.63) is 58.4 Å². The molecule has 0 aliphatic carbocycles. The van der Waals surface area contributed by atoms with Gasteiger partial charge in [-0.05, 0) is 29.8 Å². The molecule has 2 aromatic rings. The predicted molar refractivity (Wildman–Crippen MR) is 77.7 cm³/mol. The van der Waals surface area contributed by atoms with Gasteiger partial charge in [-0.3, -0.25) is 9.78 Å². The first-order valence-corrected chi connectivity index (χ1v) is 6.04. The number of hydrogen-bond acceptors (Lipinski definition) is 4.